The van der Waals surface area contributed by atoms with Crippen molar-refractivity contribution in [3.05, 3.63) is 30.3 Å². The molecular formula is C13H22ClN3O. The molecule has 0 aromatic heterocycles. The van der Waals surface area contributed by atoms with E-state index in [9.17, 15) is 4.79 Å². The van der Waals surface area contributed by atoms with E-state index in [2.05, 4.69) is 34.7 Å². The number of anilines is 1. The van der Waals surface area contributed by atoms with E-state index in [1.54, 1.807) is 7.05 Å². The summed E-state index contributed by atoms with van der Waals surface area (Å²) in [5, 5.41) is 5.68. The Bertz CT molecular complexity index is 332. The zero-order valence-electron chi connectivity index (χ0n) is 11.0. The molecule has 0 atom stereocenters. The Hall–Kier alpha value is -1.26. The number of amides is 1. The quantitative estimate of drug-likeness (QED) is 0.734. The van der Waals surface area contributed by atoms with E-state index in [0.717, 1.165) is 19.5 Å². The van der Waals surface area contributed by atoms with Gasteiger partial charge in [-0.2, -0.15) is 0 Å². The zero-order valence-corrected chi connectivity index (χ0v) is 11.8. The van der Waals surface area contributed by atoms with Gasteiger partial charge in [0.2, 0.25) is 5.91 Å². The van der Waals surface area contributed by atoms with E-state index in [0.29, 0.717) is 6.54 Å². The van der Waals surface area contributed by atoms with Crippen molar-refractivity contribution in [3.63, 3.8) is 0 Å². The molecule has 1 amide bonds. The lowest BCUT2D eigenvalue weighted by Crippen LogP contribution is -2.34. The van der Waals surface area contributed by atoms with Crippen molar-refractivity contribution >= 4 is 24.0 Å². The number of nitrogens with zero attached hydrogens (tertiary/aromatic N) is 1. The van der Waals surface area contributed by atoms with Crippen LogP contribution in [-0.2, 0) is 4.79 Å². The molecule has 4 nitrogen and oxygen atoms in total. The summed E-state index contributed by atoms with van der Waals surface area (Å²) in [6.07, 6.45) is 0.945. The van der Waals surface area contributed by atoms with Crippen LogP contribution in [0.25, 0.3) is 0 Å². The van der Waals surface area contributed by atoms with Crippen LogP contribution in [0.15, 0.2) is 30.3 Å². The average Bonchev–Trinajstić information content (AvgIpc) is 2.36. The van der Waals surface area contributed by atoms with Gasteiger partial charge in [-0.05, 0) is 25.6 Å². The predicted molar refractivity (Wildman–Crippen MR) is 78.5 cm³/mol. The summed E-state index contributed by atoms with van der Waals surface area (Å²) < 4.78 is 0. The number of para-hydroxylation sites is 1. The number of carbonyl (C=O) groups is 1. The first kappa shape index (κ1) is 16.7. The van der Waals surface area contributed by atoms with Gasteiger partial charge in [-0.25, -0.2) is 0 Å². The van der Waals surface area contributed by atoms with Gasteiger partial charge >= 0.3 is 0 Å². The lowest BCUT2D eigenvalue weighted by molar-refractivity contribution is -0.120. The van der Waals surface area contributed by atoms with Crippen molar-refractivity contribution < 1.29 is 4.79 Å². The SMILES string of the molecule is CNCC(=O)NCCCN(C)c1ccccc1.Cl. The van der Waals surface area contributed by atoms with E-state index >= 15 is 0 Å². The maximum absolute atomic E-state index is 11.2. The van der Waals surface area contributed by atoms with Crippen LogP contribution in [0.1, 0.15) is 6.42 Å². The Kier molecular flexibility index (Phi) is 9.06. The first-order valence-corrected chi connectivity index (χ1v) is 5.91. The first-order chi connectivity index (χ1) is 8.24. The highest BCUT2D eigenvalue weighted by Gasteiger charge is 2.00. The van der Waals surface area contributed by atoms with E-state index in [1.807, 2.05) is 18.2 Å². The number of halogens is 1. The fraction of sp³-hybridized carbons (Fsp3) is 0.462. The lowest BCUT2D eigenvalue weighted by atomic mass is 10.3. The molecule has 1 aromatic carbocycles. The van der Waals surface area contributed by atoms with Crippen molar-refractivity contribution in [1.82, 2.24) is 10.6 Å². The van der Waals surface area contributed by atoms with E-state index in [-0.39, 0.29) is 18.3 Å². The summed E-state index contributed by atoms with van der Waals surface area (Å²) >= 11 is 0. The van der Waals surface area contributed by atoms with Crippen molar-refractivity contribution in [1.29, 1.82) is 0 Å². The Morgan fingerprint density at radius 2 is 1.94 bits per heavy atom. The summed E-state index contributed by atoms with van der Waals surface area (Å²) in [7, 11) is 3.83. The molecule has 0 aliphatic heterocycles. The van der Waals surface area contributed by atoms with Crippen molar-refractivity contribution in [2.24, 2.45) is 0 Å². The molecule has 0 spiro atoms. The monoisotopic (exact) mass is 271 g/mol. The standard InChI is InChI=1S/C13H21N3O.ClH/c1-14-11-13(17)15-9-6-10-16(2)12-7-4-3-5-8-12;/h3-5,7-8,14H,6,9-11H2,1-2H3,(H,15,17);1H. The van der Waals surface area contributed by atoms with Crippen LogP contribution < -0.4 is 15.5 Å². The second kappa shape index (κ2) is 9.74. The van der Waals surface area contributed by atoms with E-state index < -0.39 is 0 Å². The van der Waals surface area contributed by atoms with Gasteiger partial charge in [0.1, 0.15) is 0 Å². The largest absolute Gasteiger partial charge is 0.375 e. The molecule has 5 heteroatoms. The van der Waals surface area contributed by atoms with Crippen LogP contribution in [0.4, 0.5) is 5.69 Å². The molecule has 0 aliphatic rings. The van der Waals surface area contributed by atoms with E-state index in [4.69, 9.17) is 0 Å². The van der Waals surface area contributed by atoms with Crippen LogP contribution in [0, 0.1) is 0 Å². The van der Waals surface area contributed by atoms with Gasteiger partial charge in [0.25, 0.3) is 0 Å². The Balaban J connectivity index is 0.00000289. The van der Waals surface area contributed by atoms with Crippen molar-refractivity contribution in [2.75, 3.05) is 38.6 Å². The Labute approximate surface area is 115 Å². The molecule has 0 aliphatic carbocycles. The average molecular weight is 272 g/mol. The number of hydrogen-bond acceptors (Lipinski definition) is 3. The third kappa shape index (κ3) is 6.47. The molecule has 1 rings (SSSR count). The molecule has 0 radical (unpaired) electrons. The molecule has 0 fully saturated rings. The summed E-state index contributed by atoms with van der Waals surface area (Å²) in [5.74, 6) is 0.0508. The molecule has 0 unspecified atom stereocenters. The molecule has 0 saturated carbocycles. The normalized spacial score (nSPS) is 9.44. The highest BCUT2D eigenvalue weighted by molar-refractivity contribution is 5.85. The van der Waals surface area contributed by atoms with Crippen LogP contribution in [-0.4, -0.2) is 39.6 Å². The highest BCUT2D eigenvalue weighted by Crippen LogP contribution is 2.10. The lowest BCUT2D eigenvalue weighted by Gasteiger charge is -2.19. The van der Waals surface area contributed by atoms with Crippen molar-refractivity contribution in [3.8, 4) is 0 Å². The number of likely N-dealkylation sites (N-methyl/N-ethyl adjacent to an activating group) is 1. The molecule has 0 bridgehead atoms. The minimum Gasteiger partial charge on any atom is -0.375 e. The number of carbonyl (C=O) groups excluding carboxylic acids is 1. The number of hydrogen-bond donors (Lipinski definition) is 2. The maximum Gasteiger partial charge on any atom is 0.233 e. The van der Waals surface area contributed by atoms with Crippen LogP contribution in [0.5, 0.6) is 0 Å². The molecule has 1 aromatic rings. The van der Waals surface area contributed by atoms with Gasteiger partial charge < -0.3 is 15.5 Å². The Morgan fingerprint density at radius 3 is 2.56 bits per heavy atom. The Morgan fingerprint density at radius 1 is 1.28 bits per heavy atom. The highest BCUT2D eigenvalue weighted by atomic mass is 35.5. The van der Waals surface area contributed by atoms with Gasteiger partial charge in [0.05, 0.1) is 6.54 Å². The fourth-order valence-corrected chi connectivity index (χ4v) is 1.58. The topological polar surface area (TPSA) is 44.4 Å². The third-order valence-corrected chi connectivity index (χ3v) is 2.53. The molecule has 2 N–H and O–H groups in total. The molecular weight excluding hydrogens is 250 g/mol. The van der Waals surface area contributed by atoms with Crippen molar-refractivity contribution in [2.45, 2.75) is 6.42 Å². The second-order valence-electron chi connectivity index (χ2n) is 3.99. The smallest absolute Gasteiger partial charge is 0.233 e. The van der Waals surface area contributed by atoms with Crippen LogP contribution >= 0.6 is 12.4 Å². The van der Waals surface area contributed by atoms with Gasteiger partial charge in [0, 0.05) is 25.8 Å². The summed E-state index contributed by atoms with van der Waals surface area (Å²) in [4.78, 5) is 13.4. The van der Waals surface area contributed by atoms with Gasteiger partial charge in [-0.1, -0.05) is 18.2 Å². The minimum atomic E-state index is 0. The van der Waals surface area contributed by atoms with Gasteiger partial charge in [-0.3, -0.25) is 4.79 Å². The summed E-state index contributed by atoms with van der Waals surface area (Å²) in [6.45, 7) is 2.04. The number of rotatable bonds is 7. The zero-order chi connectivity index (χ0) is 12.5. The molecule has 0 saturated heterocycles. The third-order valence-electron chi connectivity index (χ3n) is 2.53. The molecule has 18 heavy (non-hydrogen) atoms. The summed E-state index contributed by atoms with van der Waals surface area (Å²) in [6, 6.07) is 10.2. The van der Waals surface area contributed by atoms with Gasteiger partial charge in [-0.15, -0.1) is 12.4 Å². The van der Waals surface area contributed by atoms with Crippen LogP contribution in [0.2, 0.25) is 0 Å². The number of benzene rings is 1. The molecule has 0 heterocycles. The summed E-state index contributed by atoms with van der Waals surface area (Å²) in [5.41, 5.74) is 1.20. The van der Waals surface area contributed by atoms with E-state index in [1.165, 1.54) is 5.69 Å². The second-order valence-corrected chi connectivity index (χ2v) is 3.99. The predicted octanol–water partition coefficient (Wildman–Crippen LogP) is 1.27. The minimum absolute atomic E-state index is 0. The number of nitrogens with one attached hydrogen (secondary N) is 2. The van der Waals surface area contributed by atoms with Crippen LogP contribution in [0.3, 0.4) is 0 Å². The first-order valence-electron chi connectivity index (χ1n) is 5.91. The maximum atomic E-state index is 11.2. The molecule has 102 valence electrons. The fourth-order valence-electron chi connectivity index (χ4n) is 1.58. The van der Waals surface area contributed by atoms with Gasteiger partial charge in [0.15, 0.2) is 0 Å².